The molecule has 0 fully saturated rings. The molecule has 8 heteroatoms. The van der Waals surface area contributed by atoms with E-state index in [0.717, 1.165) is 0 Å². The minimum atomic E-state index is -1.09. The number of para-hydroxylation sites is 2. The first-order valence-electron chi connectivity index (χ1n) is 6.27. The van der Waals surface area contributed by atoms with E-state index in [-0.39, 0.29) is 18.0 Å². The number of carbonyl (C=O) groups excluding carboxylic acids is 2. The minimum absolute atomic E-state index is 0.0419. The van der Waals surface area contributed by atoms with E-state index in [4.69, 9.17) is 9.47 Å². The highest BCUT2D eigenvalue weighted by atomic mass is 16.6. The Morgan fingerprint density at radius 2 is 2.05 bits per heavy atom. The number of nitro benzene ring substituents is 1. The molecule has 0 bridgehead atoms. The van der Waals surface area contributed by atoms with Crippen LogP contribution >= 0.6 is 0 Å². The molecule has 0 aliphatic heterocycles. The summed E-state index contributed by atoms with van der Waals surface area (Å²) in [7, 11) is 0. The third-order valence-corrected chi connectivity index (χ3v) is 2.46. The average molecular weight is 296 g/mol. The van der Waals surface area contributed by atoms with E-state index in [1.807, 2.05) is 0 Å². The van der Waals surface area contributed by atoms with Crippen molar-refractivity contribution < 1.29 is 24.0 Å². The lowest BCUT2D eigenvalue weighted by atomic mass is 10.2. The summed E-state index contributed by atoms with van der Waals surface area (Å²) < 4.78 is 9.69. The Hall–Kier alpha value is -2.48. The van der Waals surface area contributed by atoms with E-state index in [2.05, 4.69) is 5.32 Å². The first-order valence-corrected chi connectivity index (χ1v) is 6.27. The Bertz CT molecular complexity index is 531. The number of rotatable bonds is 7. The highest BCUT2D eigenvalue weighted by Crippen LogP contribution is 2.23. The third kappa shape index (κ3) is 5.19. The maximum absolute atomic E-state index is 11.8. The van der Waals surface area contributed by atoms with Gasteiger partial charge >= 0.3 is 5.97 Å². The van der Waals surface area contributed by atoms with Crippen LogP contribution in [0.4, 0.5) is 11.4 Å². The second-order valence-corrected chi connectivity index (χ2v) is 4.03. The van der Waals surface area contributed by atoms with Crippen LogP contribution in [-0.4, -0.2) is 36.1 Å². The molecule has 1 aromatic rings. The van der Waals surface area contributed by atoms with Crippen molar-refractivity contribution in [2.45, 2.75) is 20.0 Å². The van der Waals surface area contributed by atoms with Crippen LogP contribution in [0.25, 0.3) is 0 Å². The topological polar surface area (TPSA) is 108 Å². The van der Waals surface area contributed by atoms with Gasteiger partial charge in [-0.2, -0.15) is 0 Å². The molecular weight excluding hydrogens is 280 g/mol. The number of hydrogen-bond donors (Lipinski definition) is 1. The van der Waals surface area contributed by atoms with Gasteiger partial charge in [0.25, 0.3) is 11.6 Å². The summed E-state index contributed by atoms with van der Waals surface area (Å²) in [4.78, 5) is 33.4. The quantitative estimate of drug-likeness (QED) is 0.464. The number of benzene rings is 1. The summed E-state index contributed by atoms with van der Waals surface area (Å²) in [5.41, 5.74) is -0.195. The molecule has 8 nitrogen and oxygen atoms in total. The van der Waals surface area contributed by atoms with Crippen molar-refractivity contribution in [2.24, 2.45) is 0 Å². The monoisotopic (exact) mass is 296 g/mol. The molecule has 0 saturated carbocycles. The SMILES string of the molecule is CCOCC(=O)O[C@H](C)C(=O)Nc1ccccc1[N+](=O)[O-]. The number of ether oxygens (including phenoxy) is 2. The maximum atomic E-state index is 11.8. The minimum Gasteiger partial charge on any atom is -0.451 e. The van der Waals surface area contributed by atoms with Crippen molar-refractivity contribution >= 4 is 23.3 Å². The van der Waals surface area contributed by atoms with Crippen LogP contribution in [-0.2, 0) is 19.1 Å². The van der Waals surface area contributed by atoms with Crippen LogP contribution in [0.15, 0.2) is 24.3 Å². The number of anilines is 1. The average Bonchev–Trinajstić information content (AvgIpc) is 2.45. The van der Waals surface area contributed by atoms with Crippen LogP contribution in [0.2, 0.25) is 0 Å². The summed E-state index contributed by atoms with van der Waals surface area (Å²) in [5.74, 6) is -1.34. The number of carbonyl (C=O) groups is 2. The molecule has 21 heavy (non-hydrogen) atoms. The van der Waals surface area contributed by atoms with E-state index >= 15 is 0 Å². The number of nitrogens with zero attached hydrogens (tertiary/aromatic N) is 1. The molecule has 0 saturated heterocycles. The standard InChI is InChI=1S/C13H16N2O6/c1-3-20-8-12(16)21-9(2)13(17)14-10-6-4-5-7-11(10)15(18)19/h4-7,9H,3,8H2,1-2H3,(H,14,17)/t9-/m1/s1. The molecule has 0 aliphatic carbocycles. The van der Waals surface area contributed by atoms with Crippen molar-refractivity contribution in [2.75, 3.05) is 18.5 Å². The first kappa shape index (κ1) is 16.6. The molecule has 1 atom stereocenters. The molecule has 0 spiro atoms. The summed E-state index contributed by atoms with van der Waals surface area (Å²) >= 11 is 0. The Balaban J connectivity index is 2.64. The molecule has 114 valence electrons. The van der Waals surface area contributed by atoms with Crippen LogP contribution in [0.3, 0.4) is 0 Å². The van der Waals surface area contributed by atoms with Crippen molar-refractivity contribution in [3.63, 3.8) is 0 Å². The predicted octanol–water partition coefficient (Wildman–Crippen LogP) is 1.50. The van der Waals surface area contributed by atoms with Gasteiger partial charge in [0.05, 0.1) is 4.92 Å². The van der Waals surface area contributed by atoms with Gasteiger partial charge in [-0.3, -0.25) is 14.9 Å². The van der Waals surface area contributed by atoms with E-state index < -0.39 is 22.9 Å². The second-order valence-electron chi connectivity index (χ2n) is 4.03. The van der Waals surface area contributed by atoms with Gasteiger partial charge in [0, 0.05) is 12.7 Å². The highest BCUT2D eigenvalue weighted by Gasteiger charge is 2.21. The normalized spacial score (nSPS) is 11.5. The van der Waals surface area contributed by atoms with E-state index in [1.165, 1.54) is 25.1 Å². The lowest BCUT2D eigenvalue weighted by Crippen LogP contribution is -2.31. The third-order valence-electron chi connectivity index (χ3n) is 2.46. The lowest BCUT2D eigenvalue weighted by Gasteiger charge is -2.13. The molecule has 0 radical (unpaired) electrons. The fourth-order valence-corrected chi connectivity index (χ4v) is 1.44. The number of nitrogens with one attached hydrogen (secondary N) is 1. The molecular formula is C13H16N2O6. The Morgan fingerprint density at radius 3 is 2.67 bits per heavy atom. The van der Waals surface area contributed by atoms with Gasteiger partial charge in [0.2, 0.25) is 0 Å². The van der Waals surface area contributed by atoms with Gasteiger partial charge in [-0.25, -0.2) is 4.79 Å². The zero-order valence-electron chi connectivity index (χ0n) is 11.7. The zero-order chi connectivity index (χ0) is 15.8. The van der Waals surface area contributed by atoms with Crippen LogP contribution < -0.4 is 5.32 Å². The Kier molecular flexibility index (Phi) is 6.28. The molecule has 0 unspecified atom stereocenters. The van der Waals surface area contributed by atoms with Gasteiger partial charge in [-0.1, -0.05) is 12.1 Å². The van der Waals surface area contributed by atoms with Crippen LogP contribution in [0.5, 0.6) is 0 Å². The molecule has 0 aromatic heterocycles. The van der Waals surface area contributed by atoms with Crippen molar-refractivity contribution in [1.29, 1.82) is 0 Å². The summed E-state index contributed by atoms with van der Waals surface area (Å²) in [6.07, 6.45) is -1.09. The molecule has 1 amide bonds. The summed E-state index contributed by atoms with van der Waals surface area (Å²) in [6, 6.07) is 5.69. The summed E-state index contributed by atoms with van der Waals surface area (Å²) in [6.45, 7) is 3.19. The van der Waals surface area contributed by atoms with Crippen molar-refractivity contribution in [3.8, 4) is 0 Å². The lowest BCUT2D eigenvalue weighted by molar-refractivity contribution is -0.383. The molecule has 0 aliphatic rings. The maximum Gasteiger partial charge on any atom is 0.332 e. The highest BCUT2D eigenvalue weighted by molar-refractivity contribution is 5.96. The first-order chi connectivity index (χ1) is 9.95. The van der Waals surface area contributed by atoms with Crippen molar-refractivity contribution in [3.05, 3.63) is 34.4 Å². The number of nitro groups is 1. The van der Waals surface area contributed by atoms with E-state index in [0.29, 0.717) is 6.61 Å². The smallest absolute Gasteiger partial charge is 0.332 e. The van der Waals surface area contributed by atoms with Gasteiger partial charge in [-0.15, -0.1) is 0 Å². The number of esters is 1. The molecule has 1 rings (SSSR count). The Labute approximate surface area is 121 Å². The van der Waals surface area contributed by atoms with E-state index in [9.17, 15) is 19.7 Å². The summed E-state index contributed by atoms with van der Waals surface area (Å²) in [5, 5.41) is 13.2. The second kappa shape index (κ2) is 7.95. The number of amides is 1. The van der Waals surface area contributed by atoms with Crippen molar-refractivity contribution in [1.82, 2.24) is 0 Å². The fraction of sp³-hybridized carbons (Fsp3) is 0.385. The van der Waals surface area contributed by atoms with Gasteiger partial charge in [0.1, 0.15) is 12.3 Å². The van der Waals surface area contributed by atoms with Gasteiger partial charge in [0.15, 0.2) is 6.10 Å². The largest absolute Gasteiger partial charge is 0.451 e. The molecule has 0 heterocycles. The predicted molar refractivity (Wildman–Crippen MR) is 73.8 cm³/mol. The van der Waals surface area contributed by atoms with Crippen LogP contribution in [0, 0.1) is 10.1 Å². The molecule has 1 aromatic carbocycles. The Morgan fingerprint density at radius 1 is 1.38 bits per heavy atom. The van der Waals surface area contributed by atoms with Crippen LogP contribution in [0.1, 0.15) is 13.8 Å². The molecule has 1 N–H and O–H groups in total. The van der Waals surface area contributed by atoms with E-state index in [1.54, 1.807) is 13.0 Å². The fourth-order valence-electron chi connectivity index (χ4n) is 1.44. The van der Waals surface area contributed by atoms with Gasteiger partial charge < -0.3 is 14.8 Å². The number of hydrogen-bond acceptors (Lipinski definition) is 6. The zero-order valence-corrected chi connectivity index (χ0v) is 11.7. The van der Waals surface area contributed by atoms with Gasteiger partial charge in [-0.05, 0) is 19.9 Å².